The number of carbonyl (C=O) groups excluding carboxylic acids is 1. The van der Waals surface area contributed by atoms with Gasteiger partial charge in [-0.15, -0.1) is 11.8 Å². The first-order valence-corrected chi connectivity index (χ1v) is 7.38. The number of fused-ring (bicyclic) bond motifs is 1. The summed E-state index contributed by atoms with van der Waals surface area (Å²) in [7, 11) is 1.86. The monoisotopic (exact) mass is 262 g/mol. The highest BCUT2D eigenvalue weighted by Crippen LogP contribution is 2.45. The number of thioether (sulfide) groups is 1. The highest BCUT2D eigenvalue weighted by molar-refractivity contribution is 8.01. The molecule has 0 bridgehead atoms. The maximum atomic E-state index is 12.5. The molecule has 0 spiro atoms. The maximum Gasteiger partial charge on any atom is 0.240 e. The van der Waals surface area contributed by atoms with Gasteiger partial charge in [0.1, 0.15) is 0 Å². The predicted molar refractivity (Wildman–Crippen MR) is 75.9 cm³/mol. The van der Waals surface area contributed by atoms with Crippen LogP contribution in [-0.4, -0.2) is 18.2 Å². The molecule has 0 saturated heterocycles. The summed E-state index contributed by atoms with van der Waals surface area (Å²) in [6, 6.07) is 5.85. The topological polar surface area (TPSA) is 46.3 Å². The second-order valence-corrected chi connectivity index (χ2v) is 6.39. The quantitative estimate of drug-likeness (QED) is 0.792. The minimum absolute atomic E-state index is 0.105. The summed E-state index contributed by atoms with van der Waals surface area (Å²) in [5, 5.41) is 0.105. The Balaban J connectivity index is 1.94. The summed E-state index contributed by atoms with van der Waals surface area (Å²) < 4.78 is 0. The molecule has 2 aliphatic rings. The molecule has 1 aliphatic carbocycles. The van der Waals surface area contributed by atoms with E-state index in [9.17, 15) is 4.79 Å². The summed E-state index contributed by atoms with van der Waals surface area (Å²) >= 11 is 1.73. The second kappa shape index (κ2) is 4.50. The van der Waals surface area contributed by atoms with Crippen LogP contribution in [0.15, 0.2) is 23.1 Å². The summed E-state index contributed by atoms with van der Waals surface area (Å²) in [6.45, 7) is 0. The van der Waals surface area contributed by atoms with Gasteiger partial charge in [0.05, 0.1) is 10.9 Å². The Kier molecular flexibility index (Phi) is 2.98. The average Bonchev–Trinajstić information content (AvgIpc) is 2.88. The van der Waals surface area contributed by atoms with Crippen molar-refractivity contribution < 1.29 is 4.79 Å². The van der Waals surface area contributed by atoms with Crippen molar-refractivity contribution in [1.29, 1.82) is 0 Å². The molecule has 3 rings (SSSR count). The lowest BCUT2D eigenvalue weighted by molar-refractivity contribution is -0.118. The molecule has 1 unspecified atom stereocenters. The zero-order valence-corrected chi connectivity index (χ0v) is 11.4. The average molecular weight is 262 g/mol. The Labute approximate surface area is 112 Å². The van der Waals surface area contributed by atoms with Crippen molar-refractivity contribution in [3.63, 3.8) is 0 Å². The Hall–Kier alpha value is -1.16. The van der Waals surface area contributed by atoms with E-state index in [1.807, 2.05) is 25.2 Å². The number of nitrogens with two attached hydrogens (primary N) is 1. The molecule has 1 fully saturated rings. The molecule has 2 N–H and O–H groups in total. The molecular weight excluding hydrogens is 244 g/mol. The van der Waals surface area contributed by atoms with E-state index in [1.54, 1.807) is 16.7 Å². The van der Waals surface area contributed by atoms with Gasteiger partial charge in [-0.05, 0) is 37.0 Å². The van der Waals surface area contributed by atoms with Crippen LogP contribution >= 0.6 is 11.8 Å². The van der Waals surface area contributed by atoms with Gasteiger partial charge in [-0.25, -0.2) is 0 Å². The molecule has 18 heavy (non-hydrogen) atoms. The van der Waals surface area contributed by atoms with Crippen LogP contribution in [0, 0.1) is 5.92 Å². The van der Waals surface area contributed by atoms with E-state index in [-0.39, 0.29) is 11.2 Å². The Bertz CT molecular complexity index is 483. The van der Waals surface area contributed by atoms with E-state index >= 15 is 0 Å². The van der Waals surface area contributed by atoms with Crippen LogP contribution in [0.3, 0.4) is 0 Å². The highest BCUT2D eigenvalue weighted by Gasteiger charge is 2.37. The molecule has 96 valence electrons. The van der Waals surface area contributed by atoms with Crippen LogP contribution in [0.1, 0.15) is 25.7 Å². The first-order valence-electron chi connectivity index (χ1n) is 6.50. The van der Waals surface area contributed by atoms with Crippen LogP contribution in [0.4, 0.5) is 11.4 Å². The molecule has 1 saturated carbocycles. The number of nitrogen functional groups attached to an aromatic ring is 1. The largest absolute Gasteiger partial charge is 0.399 e. The van der Waals surface area contributed by atoms with Crippen molar-refractivity contribution in [1.82, 2.24) is 0 Å². The van der Waals surface area contributed by atoms with E-state index in [0.29, 0.717) is 11.6 Å². The first kappa shape index (κ1) is 11.9. The van der Waals surface area contributed by atoms with Gasteiger partial charge in [0.15, 0.2) is 0 Å². The Morgan fingerprint density at radius 1 is 1.33 bits per heavy atom. The van der Waals surface area contributed by atoms with Gasteiger partial charge in [0.2, 0.25) is 5.91 Å². The minimum Gasteiger partial charge on any atom is -0.399 e. The van der Waals surface area contributed by atoms with Gasteiger partial charge in [-0.1, -0.05) is 12.8 Å². The van der Waals surface area contributed by atoms with Gasteiger partial charge in [-0.2, -0.15) is 0 Å². The fourth-order valence-electron chi connectivity index (χ4n) is 2.95. The normalized spacial score (nSPS) is 24.4. The van der Waals surface area contributed by atoms with Gasteiger partial charge in [-0.3, -0.25) is 4.79 Å². The fraction of sp³-hybridized carbons (Fsp3) is 0.500. The third-order valence-electron chi connectivity index (χ3n) is 4.00. The van der Waals surface area contributed by atoms with E-state index in [2.05, 4.69) is 0 Å². The van der Waals surface area contributed by atoms with Gasteiger partial charge in [0, 0.05) is 17.6 Å². The molecular formula is C14H18N2OS. The zero-order chi connectivity index (χ0) is 12.7. The van der Waals surface area contributed by atoms with Gasteiger partial charge in [0.25, 0.3) is 0 Å². The molecule has 1 aromatic rings. The second-order valence-electron chi connectivity index (χ2n) is 5.21. The Morgan fingerprint density at radius 3 is 2.78 bits per heavy atom. The first-order chi connectivity index (χ1) is 8.66. The van der Waals surface area contributed by atoms with Crippen molar-refractivity contribution in [2.45, 2.75) is 35.8 Å². The maximum absolute atomic E-state index is 12.5. The fourth-order valence-corrected chi connectivity index (χ4v) is 4.41. The highest BCUT2D eigenvalue weighted by atomic mass is 32.2. The number of nitrogens with zero attached hydrogens (tertiary/aromatic N) is 1. The standard InChI is InChI=1S/C14H18N2OS/c1-16-11-8-10(15)6-7-12(11)18-13(14(16)17)9-4-2-3-5-9/h6-9,13H,2-5,15H2,1H3. The number of amides is 1. The third kappa shape index (κ3) is 1.88. The van der Waals surface area contributed by atoms with Crippen LogP contribution in [-0.2, 0) is 4.79 Å². The van der Waals surface area contributed by atoms with Crippen molar-refractivity contribution in [2.24, 2.45) is 5.92 Å². The molecule has 3 nitrogen and oxygen atoms in total. The summed E-state index contributed by atoms with van der Waals surface area (Å²) in [6.07, 6.45) is 4.93. The molecule has 1 heterocycles. The number of rotatable bonds is 1. The summed E-state index contributed by atoms with van der Waals surface area (Å²) in [5.41, 5.74) is 7.47. The van der Waals surface area contributed by atoms with Crippen LogP contribution in [0.25, 0.3) is 0 Å². The predicted octanol–water partition coefficient (Wildman–Crippen LogP) is 2.90. The van der Waals surface area contributed by atoms with E-state index < -0.39 is 0 Å². The van der Waals surface area contributed by atoms with Crippen molar-refractivity contribution >= 4 is 29.0 Å². The van der Waals surface area contributed by atoms with Crippen molar-refractivity contribution in [2.75, 3.05) is 17.7 Å². The molecule has 4 heteroatoms. The number of hydrogen-bond donors (Lipinski definition) is 1. The third-order valence-corrected chi connectivity index (χ3v) is 5.44. The zero-order valence-electron chi connectivity index (χ0n) is 10.6. The summed E-state index contributed by atoms with van der Waals surface area (Å²) in [4.78, 5) is 15.4. The number of carbonyl (C=O) groups is 1. The Morgan fingerprint density at radius 2 is 2.06 bits per heavy atom. The smallest absolute Gasteiger partial charge is 0.240 e. The van der Waals surface area contributed by atoms with Crippen LogP contribution < -0.4 is 10.6 Å². The van der Waals surface area contributed by atoms with Gasteiger partial charge < -0.3 is 10.6 Å². The van der Waals surface area contributed by atoms with Crippen LogP contribution in [0.5, 0.6) is 0 Å². The molecule has 1 atom stereocenters. The molecule has 1 aliphatic heterocycles. The lowest BCUT2D eigenvalue weighted by Gasteiger charge is -2.34. The van der Waals surface area contributed by atoms with E-state index in [1.165, 1.54) is 30.6 Å². The van der Waals surface area contributed by atoms with Gasteiger partial charge >= 0.3 is 0 Å². The lowest BCUT2D eigenvalue weighted by Crippen LogP contribution is -2.41. The van der Waals surface area contributed by atoms with Crippen LogP contribution in [0.2, 0.25) is 0 Å². The van der Waals surface area contributed by atoms with E-state index in [4.69, 9.17) is 5.73 Å². The number of anilines is 2. The molecule has 0 radical (unpaired) electrons. The number of benzene rings is 1. The SMILES string of the molecule is CN1C(=O)C(C2CCCC2)Sc2ccc(N)cc21. The molecule has 1 amide bonds. The van der Waals surface area contributed by atoms with Crippen molar-refractivity contribution in [3.8, 4) is 0 Å². The minimum atomic E-state index is 0.105. The van der Waals surface area contributed by atoms with Crippen molar-refractivity contribution in [3.05, 3.63) is 18.2 Å². The lowest BCUT2D eigenvalue weighted by atomic mass is 10.0. The summed E-state index contributed by atoms with van der Waals surface area (Å²) in [5.74, 6) is 0.792. The molecule has 0 aromatic heterocycles. The van der Waals surface area contributed by atoms with E-state index in [0.717, 1.165) is 5.69 Å². The molecule has 1 aromatic carbocycles. The number of hydrogen-bond acceptors (Lipinski definition) is 3.